The molecule has 5 aromatic rings. The maximum atomic E-state index is 12.3. The lowest BCUT2D eigenvalue weighted by molar-refractivity contribution is 0.766. The molecule has 0 fully saturated rings. The first-order valence-electron chi connectivity index (χ1n) is 8.61. The lowest BCUT2D eigenvalue weighted by atomic mass is 10.2. The fourth-order valence-corrected chi connectivity index (χ4v) is 4.47. The molecule has 0 aliphatic carbocycles. The van der Waals surface area contributed by atoms with Gasteiger partial charge in [0.15, 0.2) is 16.6 Å². The van der Waals surface area contributed by atoms with E-state index >= 15 is 0 Å². The Labute approximate surface area is 171 Å². The predicted octanol–water partition coefficient (Wildman–Crippen LogP) is 2.15. The SMILES string of the molecule is Cc1nn2c(=O)cc(CSc3nc(-c4ccccc4)nc4cc(=O)[nH]n34)nc2s1. The first-order valence-corrected chi connectivity index (χ1v) is 10.4. The summed E-state index contributed by atoms with van der Waals surface area (Å²) in [5.74, 6) is 0.928. The molecule has 0 unspecified atom stereocenters. The number of thioether (sulfide) groups is 1. The molecule has 0 aliphatic heterocycles. The van der Waals surface area contributed by atoms with Gasteiger partial charge in [0.05, 0.1) is 5.69 Å². The predicted molar refractivity (Wildman–Crippen MR) is 110 cm³/mol. The number of nitrogens with zero attached hydrogens (tertiary/aromatic N) is 6. The van der Waals surface area contributed by atoms with Gasteiger partial charge in [-0.25, -0.2) is 19.5 Å². The van der Waals surface area contributed by atoms with Crippen molar-refractivity contribution < 1.29 is 0 Å². The lowest BCUT2D eigenvalue weighted by Crippen LogP contribution is -2.15. The third kappa shape index (κ3) is 3.34. The topological polar surface area (TPSA) is 110 Å². The number of rotatable bonds is 4. The minimum atomic E-state index is -0.260. The Kier molecular flexibility index (Phi) is 4.25. The highest BCUT2D eigenvalue weighted by atomic mass is 32.2. The van der Waals surface area contributed by atoms with Gasteiger partial charge in [-0.05, 0) is 6.92 Å². The highest BCUT2D eigenvalue weighted by Gasteiger charge is 2.13. The van der Waals surface area contributed by atoms with E-state index in [-0.39, 0.29) is 11.1 Å². The van der Waals surface area contributed by atoms with Gasteiger partial charge in [0.1, 0.15) is 5.01 Å². The molecule has 0 atom stereocenters. The molecule has 9 nitrogen and oxygen atoms in total. The quantitative estimate of drug-likeness (QED) is 0.441. The zero-order valence-electron chi connectivity index (χ0n) is 15.1. The van der Waals surface area contributed by atoms with Crippen LogP contribution in [0.5, 0.6) is 0 Å². The van der Waals surface area contributed by atoms with Gasteiger partial charge in [0.25, 0.3) is 11.1 Å². The first-order chi connectivity index (χ1) is 14.1. The number of nitrogens with one attached hydrogen (secondary N) is 1. The number of hydrogen-bond acceptors (Lipinski definition) is 8. The van der Waals surface area contributed by atoms with Crippen LogP contribution in [-0.2, 0) is 5.75 Å². The average molecular weight is 423 g/mol. The Morgan fingerprint density at radius 3 is 2.76 bits per heavy atom. The van der Waals surface area contributed by atoms with Crippen LogP contribution in [0.3, 0.4) is 0 Å². The van der Waals surface area contributed by atoms with Crippen molar-refractivity contribution in [2.45, 2.75) is 17.8 Å². The zero-order valence-corrected chi connectivity index (χ0v) is 16.7. The van der Waals surface area contributed by atoms with Crippen LogP contribution in [0.1, 0.15) is 10.7 Å². The van der Waals surface area contributed by atoms with Crippen molar-refractivity contribution in [1.82, 2.24) is 34.2 Å². The molecule has 5 rings (SSSR count). The van der Waals surface area contributed by atoms with Crippen molar-refractivity contribution in [3.63, 3.8) is 0 Å². The summed E-state index contributed by atoms with van der Waals surface area (Å²) in [7, 11) is 0. The third-order valence-corrected chi connectivity index (χ3v) is 5.90. The maximum absolute atomic E-state index is 12.3. The molecule has 4 aromatic heterocycles. The van der Waals surface area contributed by atoms with Gasteiger partial charge < -0.3 is 0 Å². The Balaban J connectivity index is 1.54. The molecule has 4 heterocycles. The number of aryl methyl sites for hydroxylation is 1. The van der Waals surface area contributed by atoms with E-state index in [1.807, 2.05) is 37.3 Å². The van der Waals surface area contributed by atoms with Crippen LogP contribution in [0.4, 0.5) is 0 Å². The third-order valence-electron chi connectivity index (χ3n) is 4.10. The normalized spacial score (nSPS) is 11.5. The van der Waals surface area contributed by atoms with Crippen LogP contribution in [0.2, 0.25) is 0 Å². The molecule has 0 saturated heterocycles. The van der Waals surface area contributed by atoms with Crippen molar-refractivity contribution in [2.75, 3.05) is 0 Å². The van der Waals surface area contributed by atoms with Gasteiger partial charge in [-0.2, -0.15) is 9.61 Å². The van der Waals surface area contributed by atoms with Crippen LogP contribution in [0.15, 0.2) is 57.2 Å². The van der Waals surface area contributed by atoms with Crippen LogP contribution in [0.25, 0.3) is 22.0 Å². The molecular formula is C18H13N7O2S2. The molecule has 0 amide bonds. The fourth-order valence-electron chi connectivity index (χ4n) is 2.86. The molecule has 0 radical (unpaired) electrons. The van der Waals surface area contributed by atoms with Crippen LogP contribution in [-0.4, -0.2) is 34.2 Å². The van der Waals surface area contributed by atoms with Crippen molar-refractivity contribution in [3.8, 4) is 11.4 Å². The molecule has 1 aromatic carbocycles. The molecule has 11 heteroatoms. The van der Waals surface area contributed by atoms with Crippen molar-refractivity contribution in [3.05, 3.63) is 73.9 Å². The van der Waals surface area contributed by atoms with E-state index in [2.05, 4.69) is 25.1 Å². The van der Waals surface area contributed by atoms with Gasteiger partial charge >= 0.3 is 0 Å². The second kappa shape index (κ2) is 6.94. The van der Waals surface area contributed by atoms with Crippen molar-refractivity contribution in [2.24, 2.45) is 0 Å². The molecule has 0 aliphatic rings. The van der Waals surface area contributed by atoms with Gasteiger partial charge in [-0.3, -0.25) is 14.7 Å². The number of aromatic nitrogens is 7. The second-order valence-corrected chi connectivity index (χ2v) is 8.30. The zero-order chi connectivity index (χ0) is 20.0. The summed E-state index contributed by atoms with van der Waals surface area (Å²) in [6, 6.07) is 12.4. The van der Waals surface area contributed by atoms with E-state index < -0.39 is 0 Å². The molecule has 0 spiro atoms. The number of benzene rings is 1. The standard InChI is InChI=1S/C18H13N7O2S2/c1-10-22-25-15(27)7-12(19-18(25)29-10)9-28-17-21-16(11-5-3-2-4-6-11)20-13-8-14(26)23-24(13)17/h2-8H,9H2,1H3,(H,23,26). The van der Waals surface area contributed by atoms with E-state index in [1.54, 1.807) is 4.52 Å². The first kappa shape index (κ1) is 17.8. The van der Waals surface area contributed by atoms with Gasteiger partial charge in [0, 0.05) is 23.4 Å². The highest BCUT2D eigenvalue weighted by molar-refractivity contribution is 7.98. The van der Waals surface area contributed by atoms with Crippen LogP contribution in [0, 0.1) is 6.92 Å². The molecule has 29 heavy (non-hydrogen) atoms. The van der Waals surface area contributed by atoms with Gasteiger partial charge in [0.2, 0.25) is 4.96 Å². The van der Waals surface area contributed by atoms with E-state index in [0.717, 1.165) is 10.6 Å². The summed E-state index contributed by atoms with van der Waals surface area (Å²) < 4.78 is 2.84. The van der Waals surface area contributed by atoms with E-state index in [9.17, 15) is 9.59 Å². The minimum Gasteiger partial charge on any atom is -0.268 e. The minimum absolute atomic E-state index is 0.220. The molecule has 0 saturated carbocycles. The Morgan fingerprint density at radius 2 is 1.93 bits per heavy atom. The van der Waals surface area contributed by atoms with Crippen LogP contribution < -0.4 is 11.1 Å². The smallest absolute Gasteiger partial charge is 0.268 e. The van der Waals surface area contributed by atoms with E-state index in [1.165, 1.54) is 39.7 Å². The summed E-state index contributed by atoms with van der Waals surface area (Å²) in [5.41, 5.74) is 1.47. The Morgan fingerprint density at radius 1 is 1.10 bits per heavy atom. The summed E-state index contributed by atoms with van der Waals surface area (Å²) in [6.07, 6.45) is 0. The fraction of sp³-hybridized carbons (Fsp3) is 0.111. The number of H-pyrrole nitrogens is 1. The highest BCUT2D eigenvalue weighted by Crippen LogP contribution is 2.24. The average Bonchev–Trinajstić information content (AvgIpc) is 3.28. The van der Waals surface area contributed by atoms with Crippen molar-refractivity contribution in [1.29, 1.82) is 0 Å². The summed E-state index contributed by atoms with van der Waals surface area (Å²) in [4.78, 5) is 38.2. The molecule has 0 bridgehead atoms. The molecular weight excluding hydrogens is 410 g/mol. The van der Waals surface area contributed by atoms with Crippen LogP contribution >= 0.6 is 23.1 Å². The monoisotopic (exact) mass is 423 g/mol. The van der Waals surface area contributed by atoms with Crippen molar-refractivity contribution >= 4 is 33.7 Å². The summed E-state index contributed by atoms with van der Waals surface area (Å²) in [6.45, 7) is 1.83. The van der Waals surface area contributed by atoms with E-state index in [4.69, 9.17) is 0 Å². The van der Waals surface area contributed by atoms with Gasteiger partial charge in [-0.1, -0.05) is 53.4 Å². The number of hydrogen-bond donors (Lipinski definition) is 1. The number of aromatic amines is 1. The second-order valence-electron chi connectivity index (χ2n) is 6.20. The Hall–Kier alpha value is -3.31. The lowest BCUT2D eigenvalue weighted by Gasteiger charge is -2.07. The Bertz CT molecular complexity index is 1470. The number of fused-ring (bicyclic) bond motifs is 2. The molecule has 144 valence electrons. The van der Waals surface area contributed by atoms with E-state index in [0.29, 0.717) is 33.0 Å². The van der Waals surface area contributed by atoms with Gasteiger partial charge in [-0.15, -0.1) is 0 Å². The maximum Gasteiger partial charge on any atom is 0.275 e. The summed E-state index contributed by atoms with van der Waals surface area (Å²) in [5, 5.41) is 8.18. The molecule has 1 N–H and O–H groups in total. The largest absolute Gasteiger partial charge is 0.275 e. The summed E-state index contributed by atoms with van der Waals surface area (Å²) >= 11 is 2.73.